The highest BCUT2D eigenvalue weighted by Gasteiger charge is 2.21. The zero-order valence-corrected chi connectivity index (χ0v) is 11.7. The van der Waals surface area contributed by atoms with Gasteiger partial charge in [-0.15, -0.1) is 0 Å². The second-order valence-corrected chi connectivity index (χ2v) is 4.96. The van der Waals surface area contributed by atoms with E-state index in [4.69, 9.17) is 9.84 Å². The molecule has 0 radical (unpaired) electrons. The molecule has 2 N–H and O–H groups in total. The van der Waals surface area contributed by atoms with Crippen molar-refractivity contribution in [2.24, 2.45) is 0 Å². The van der Waals surface area contributed by atoms with E-state index in [2.05, 4.69) is 10.3 Å². The van der Waals surface area contributed by atoms with Gasteiger partial charge in [-0.3, -0.25) is 9.69 Å². The number of nitrogens with one attached hydrogen (secondary N) is 1. The molecule has 1 atom stereocenters. The van der Waals surface area contributed by atoms with Gasteiger partial charge in [0, 0.05) is 26.3 Å². The van der Waals surface area contributed by atoms with Crippen molar-refractivity contribution in [3.8, 4) is 0 Å². The quantitative estimate of drug-likeness (QED) is 0.804. The van der Waals surface area contributed by atoms with Gasteiger partial charge in [0.2, 0.25) is 0 Å². The number of hydrogen-bond donors (Lipinski definition) is 2. The first-order valence-corrected chi connectivity index (χ1v) is 6.86. The molecule has 1 aliphatic rings. The lowest BCUT2D eigenvalue weighted by atomic mass is 10.1. The SMILES string of the molecule is CNc1cc(CC[C@@H]2CN(CC(=O)O)CCO2)ccn1. The number of hydrogen-bond acceptors (Lipinski definition) is 5. The van der Waals surface area contributed by atoms with Crippen LogP contribution in [0.15, 0.2) is 18.3 Å². The molecule has 1 fully saturated rings. The number of nitrogens with zero attached hydrogens (tertiary/aromatic N) is 2. The Labute approximate surface area is 118 Å². The lowest BCUT2D eigenvalue weighted by Crippen LogP contribution is -2.44. The highest BCUT2D eigenvalue weighted by molar-refractivity contribution is 5.69. The van der Waals surface area contributed by atoms with Crippen LogP contribution in [0.5, 0.6) is 0 Å². The molecular weight excluding hydrogens is 258 g/mol. The first-order valence-electron chi connectivity index (χ1n) is 6.86. The fourth-order valence-corrected chi connectivity index (χ4v) is 2.38. The maximum atomic E-state index is 10.7. The van der Waals surface area contributed by atoms with Gasteiger partial charge in [-0.25, -0.2) is 4.98 Å². The lowest BCUT2D eigenvalue weighted by Gasteiger charge is -2.31. The van der Waals surface area contributed by atoms with Gasteiger partial charge < -0.3 is 15.2 Å². The smallest absolute Gasteiger partial charge is 0.317 e. The molecule has 1 aliphatic heterocycles. The van der Waals surface area contributed by atoms with Crippen molar-refractivity contribution in [2.75, 3.05) is 38.6 Å². The Balaban J connectivity index is 1.82. The zero-order valence-electron chi connectivity index (χ0n) is 11.7. The lowest BCUT2D eigenvalue weighted by molar-refractivity contribution is -0.140. The molecule has 6 heteroatoms. The summed E-state index contributed by atoms with van der Waals surface area (Å²) in [6.07, 6.45) is 3.69. The molecule has 1 aromatic rings. The van der Waals surface area contributed by atoms with E-state index in [-0.39, 0.29) is 12.6 Å². The van der Waals surface area contributed by atoms with E-state index < -0.39 is 5.97 Å². The maximum Gasteiger partial charge on any atom is 0.317 e. The summed E-state index contributed by atoms with van der Waals surface area (Å²) in [5, 5.41) is 11.8. The largest absolute Gasteiger partial charge is 0.480 e. The first-order chi connectivity index (χ1) is 9.67. The monoisotopic (exact) mass is 279 g/mol. The third-order valence-electron chi connectivity index (χ3n) is 3.42. The summed E-state index contributed by atoms with van der Waals surface area (Å²) in [6.45, 7) is 2.09. The summed E-state index contributed by atoms with van der Waals surface area (Å²) in [6, 6.07) is 4.02. The zero-order chi connectivity index (χ0) is 14.4. The van der Waals surface area contributed by atoms with Crippen molar-refractivity contribution >= 4 is 11.8 Å². The Hall–Kier alpha value is -1.66. The number of anilines is 1. The van der Waals surface area contributed by atoms with Gasteiger partial charge in [0.25, 0.3) is 0 Å². The minimum Gasteiger partial charge on any atom is -0.480 e. The van der Waals surface area contributed by atoms with Gasteiger partial charge in [0.1, 0.15) is 5.82 Å². The van der Waals surface area contributed by atoms with E-state index >= 15 is 0 Å². The van der Waals surface area contributed by atoms with Crippen LogP contribution >= 0.6 is 0 Å². The minimum absolute atomic E-state index is 0.0962. The Bertz CT molecular complexity index is 453. The van der Waals surface area contributed by atoms with Crippen LogP contribution in [-0.4, -0.2) is 60.4 Å². The number of rotatable bonds is 6. The van der Waals surface area contributed by atoms with Crippen molar-refractivity contribution in [1.82, 2.24) is 9.88 Å². The van der Waals surface area contributed by atoms with Crippen LogP contribution in [0.2, 0.25) is 0 Å². The summed E-state index contributed by atoms with van der Waals surface area (Å²) in [5.41, 5.74) is 1.21. The molecule has 1 saturated heterocycles. The average Bonchev–Trinajstić information content (AvgIpc) is 2.45. The van der Waals surface area contributed by atoms with Gasteiger partial charge >= 0.3 is 5.97 Å². The Morgan fingerprint density at radius 2 is 2.50 bits per heavy atom. The van der Waals surface area contributed by atoms with Crippen molar-refractivity contribution in [3.63, 3.8) is 0 Å². The summed E-state index contributed by atoms with van der Waals surface area (Å²) >= 11 is 0. The number of aliphatic carboxylic acids is 1. The fraction of sp³-hybridized carbons (Fsp3) is 0.571. The molecule has 110 valence electrons. The second-order valence-electron chi connectivity index (χ2n) is 4.96. The number of aromatic nitrogens is 1. The van der Waals surface area contributed by atoms with Crippen molar-refractivity contribution in [2.45, 2.75) is 18.9 Å². The van der Waals surface area contributed by atoms with E-state index in [1.54, 1.807) is 6.20 Å². The third kappa shape index (κ3) is 4.47. The number of aryl methyl sites for hydroxylation is 1. The molecule has 0 bridgehead atoms. The van der Waals surface area contributed by atoms with Crippen LogP contribution in [0.1, 0.15) is 12.0 Å². The Morgan fingerprint density at radius 3 is 3.25 bits per heavy atom. The van der Waals surface area contributed by atoms with Crippen LogP contribution in [-0.2, 0) is 16.0 Å². The molecule has 20 heavy (non-hydrogen) atoms. The normalized spacial score (nSPS) is 19.8. The number of pyridine rings is 1. The predicted octanol–water partition coefficient (Wildman–Crippen LogP) is 0.841. The molecule has 0 saturated carbocycles. The molecule has 2 heterocycles. The van der Waals surface area contributed by atoms with Gasteiger partial charge in [-0.05, 0) is 30.5 Å². The van der Waals surface area contributed by atoms with Gasteiger partial charge in [0.15, 0.2) is 0 Å². The predicted molar refractivity (Wildman–Crippen MR) is 75.9 cm³/mol. The van der Waals surface area contributed by atoms with Gasteiger partial charge in [-0.2, -0.15) is 0 Å². The van der Waals surface area contributed by atoms with Crippen LogP contribution < -0.4 is 5.32 Å². The molecular formula is C14H21N3O3. The van der Waals surface area contributed by atoms with Crippen LogP contribution in [0.25, 0.3) is 0 Å². The number of carboxylic acid groups (broad SMARTS) is 1. The maximum absolute atomic E-state index is 10.7. The van der Waals surface area contributed by atoms with Crippen LogP contribution in [0.3, 0.4) is 0 Å². The average molecular weight is 279 g/mol. The first kappa shape index (κ1) is 14.7. The Morgan fingerprint density at radius 1 is 1.65 bits per heavy atom. The van der Waals surface area contributed by atoms with E-state index in [0.29, 0.717) is 19.7 Å². The summed E-state index contributed by atoms with van der Waals surface area (Å²) in [4.78, 5) is 16.8. The summed E-state index contributed by atoms with van der Waals surface area (Å²) in [7, 11) is 1.85. The van der Waals surface area contributed by atoms with E-state index in [1.165, 1.54) is 5.56 Å². The number of carboxylic acids is 1. The Kier molecular flexibility index (Phi) is 5.31. The van der Waals surface area contributed by atoms with Crippen LogP contribution in [0, 0.1) is 0 Å². The molecule has 0 spiro atoms. The topological polar surface area (TPSA) is 74.7 Å². The highest BCUT2D eigenvalue weighted by atomic mass is 16.5. The van der Waals surface area contributed by atoms with E-state index in [1.807, 2.05) is 24.1 Å². The molecule has 0 aliphatic carbocycles. The van der Waals surface area contributed by atoms with E-state index in [0.717, 1.165) is 18.7 Å². The molecule has 0 amide bonds. The molecule has 0 aromatic carbocycles. The van der Waals surface area contributed by atoms with Gasteiger partial charge in [0.05, 0.1) is 19.3 Å². The number of carbonyl (C=O) groups is 1. The van der Waals surface area contributed by atoms with Crippen molar-refractivity contribution < 1.29 is 14.6 Å². The van der Waals surface area contributed by atoms with Gasteiger partial charge in [-0.1, -0.05) is 0 Å². The number of morpholine rings is 1. The third-order valence-corrected chi connectivity index (χ3v) is 3.42. The van der Waals surface area contributed by atoms with Crippen LogP contribution in [0.4, 0.5) is 5.82 Å². The standard InChI is InChI=1S/C14H21N3O3/c1-15-13-8-11(4-5-16-13)2-3-12-9-17(6-7-20-12)10-14(18)19/h4-5,8,12H,2-3,6-7,9-10H2,1H3,(H,15,16)(H,18,19)/t12-/m1/s1. The summed E-state index contributed by atoms with van der Waals surface area (Å²) < 4.78 is 5.70. The molecule has 0 unspecified atom stereocenters. The highest BCUT2D eigenvalue weighted by Crippen LogP contribution is 2.14. The fourth-order valence-electron chi connectivity index (χ4n) is 2.38. The van der Waals surface area contributed by atoms with Crippen molar-refractivity contribution in [3.05, 3.63) is 23.9 Å². The molecule has 6 nitrogen and oxygen atoms in total. The number of ether oxygens (including phenoxy) is 1. The second kappa shape index (κ2) is 7.21. The minimum atomic E-state index is -0.779. The van der Waals surface area contributed by atoms with E-state index in [9.17, 15) is 4.79 Å². The molecule has 1 aromatic heterocycles. The van der Waals surface area contributed by atoms with Crippen molar-refractivity contribution in [1.29, 1.82) is 0 Å². The summed E-state index contributed by atoms with van der Waals surface area (Å²) in [5.74, 6) is 0.0815. The molecule has 2 rings (SSSR count).